The van der Waals surface area contributed by atoms with Gasteiger partial charge in [-0.15, -0.1) is 0 Å². The number of anilines is 2. The summed E-state index contributed by atoms with van der Waals surface area (Å²) in [6.07, 6.45) is 0.0778. The Balaban J connectivity index is 1.91. The first-order valence-corrected chi connectivity index (χ1v) is 8.70. The molecule has 0 spiro atoms. The maximum atomic E-state index is 12.8. The fraction of sp³-hybridized carbons (Fsp3) is 0.263. The summed E-state index contributed by atoms with van der Waals surface area (Å²) < 4.78 is 0. The Morgan fingerprint density at radius 2 is 1.72 bits per heavy atom. The molecule has 0 aromatic heterocycles. The highest BCUT2D eigenvalue weighted by Crippen LogP contribution is 2.36. The van der Waals surface area contributed by atoms with E-state index in [4.69, 9.17) is 23.2 Å². The maximum absolute atomic E-state index is 12.8. The van der Waals surface area contributed by atoms with Crippen LogP contribution >= 0.6 is 23.2 Å². The molecule has 1 N–H and O–H groups in total. The zero-order valence-corrected chi connectivity index (χ0v) is 15.7. The minimum atomic E-state index is -0.623. The fourth-order valence-electron chi connectivity index (χ4n) is 3.24. The number of halogens is 2. The van der Waals surface area contributed by atoms with Crippen LogP contribution in [0, 0.1) is 20.8 Å². The molecule has 25 heavy (non-hydrogen) atoms. The van der Waals surface area contributed by atoms with Crippen molar-refractivity contribution in [3.05, 3.63) is 57.1 Å². The molecule has 1 heterocycles. The van der Waals surface area contributed by atoms with Gasteiger partial charge in [-0.3, -0.25) is 9.59 Å². The van der Waals surface area contributed by atoms with Crippen molar-refractivity contribution in [1.29, 1.82) is 0 Å². The molecule has 0 bridgehead atoms. The number of nitrogens with zero attached hydrogens (tertiary/aromatic N) is 1. The molecular formula is C19H18Cl2N2O2. The third-order valence-electron chi connectivity index (χ3n) is 4.31. The number of aryl methyl sites for hydroxylation is 3. The van der Waals surface area contributed by atoms with Crippen molar-refractivity contribution in [2.75, 3.05) is 10.2 Å². The summed E-state index contributed by atoms with van der Waals surface area (Å²) >= 11 is 12.2. The first-order valence-electron chi connectivity index (χ1n) is 7.94. The standard InChI is InChI=1S/C19H18Cl2N2O2/c1-10-7-11(2)18(12(3)8-10)22-14-9-16(24)23(19(14)25)15-6-4-5-13(20)17(15)21/h4-8,14,22H,9H2,1-3H3. The summed E-state index contributed by atoms with van der Waals surface area (Å²) in [6, 6.07) is 8.37. The number of hydrogen-bond acceptors (Lipinski definition) is 3. The van der Waals surface area contributed by atoms with Gasteiger partial charge in [0.1, 0.15) is 6.04 Å². The van der Waals surface area contributed by atoms with Crippen molar-refractivity contribution in [2.24, 2.45) is 0 Å². The Kier molecular flexibility index (Phi) is 4.76. The number of carbonyl (C=O) groups excluding carboxylic acids is 2. The number of carbonyl (C=O) groups is 2. The smallest absolute Gasteiger partial charge is 0.256 e. The van der Waals surface area contributed by atoms with Crippen molar-refractivity contribution in [3.8, 4) is 0 Å². The van der Waals surface area contributed by atoms with Gasteiger partial charge in [0, 0.05) is 5.69 Å². The summed E-state index contributed by atoms with van der Waals surface area (Å²) in [5, 5.41) is 3.74. The van der Waals surface area contributed by atoms with Crippen molar-refractivity contribution in [3.63, 3.8) is 0 Å². The quantitative estimate of drug-likeness (QED) is 0.792. The van der Waals surface area contributed by atoms with Gasteiger partial charge >= 0.3 is 0 Å². The minimum absolute atomic E-state index is 0.0778. The van der Waals surface area contributed by atoms with E-state index < -0.39 is 6.04 Å². The van der Waals surface area contributed by atoms with Crippen LogP contribution in [-0.2, 0) is 9.59 Å². The first kappa shape index (κ1) is 17.8. The maximum Gasteiger partial charge on any atom is 0.256 e. The van der Waals surface area contributed by atoms with E-state index in [9.17, 15) is 9.59 Å². The van der Waals surface area contributed by atoms with Crippen LogP contribution in [-0.4, -0.2) is 17.9 Å². The van der Waals surface area contributed by atoms with Gasteiger partial charge < -0.3 is 5.32 Å². The molecule has 0 saturated carbocycles. The second kappa shape index (κ2) is 6.70. The molecule has 1 fully saturated rings. The van der Waals surface area contributed by atoms with Crippen LogP contribution in [0.2, 0.25) is 10.0 Å². The second-order valence-corrected chi connectivity index (χ2v) is 7.10. The summed E-state index contributed by atoms with van der Waals surface area (Å²) in [5.74, 6) is -0.623. The Hall–Kier alpha value is -2.04. The second-order valence-electron chi connectivity index (χ2n) is 6.32. The van der Waals surface area contributed by atoms with Gasteiger partial charge in [-0.1, -0.05) is 47.0 Å². The zero-order valence-electron chi connectivity index (χ0n) is 14.2. The lowest BCUT2D eigenvalue weighted by atomic mass is 10.0. The van der Waals surface area contributed by atoms with E-state index in [2.05, 4.69) is 5.32 Å². The minimum Gasteiger partial charge on any atom is -0.373 e. The lowest BCUT2D eigenvalue weighted by molar-refractivity contribution is -0.121. The van der Waals surface area contributed by atoms with Crippen LogP contribution in [0.3, 0.4) is 0 Å². The summed E-state index contributed by atoms with van der Waals surface area (Å²) in [4.78, 5) is 26.4. The van der Waals surface area contributed by atoms with Crippen molar-refractivity contribution < 1.29 is 9.59 Å². The Morgan fingerprint density at radius 1 is 1.08 bits per heavy atom. The molecule has 0 radical (unpaired) electrons. The van der Waals surface area contributed by atoms with E-state index in [-0.39, 0.29) is 23.3 Å². The van der Waals surface area contributed by atoms with Gasteiger partial charge in [0.25, 0.3) is 5.91 Å². The van der Waals surface area contributed by atoms with Crippen LogP contribution in [0.25, 0.3) is 0 Å². The molecule has 3 rings (SSSR count). The average Bonchev–Trinajstić information content (AvgIpc) is 2.80. The monoisotopic (exact) mass is 376 g/mol. The number of rotatable bonds is 3. The number of imide groups is 1. The van der Waals surface area contributed by atoms with Gasteiger partial charge in [-0.2, -0.15) is 0 Å². The lowest BCUT2D eigenvalue weighted by Gasteiger charge is -2.19. The number of benzene rings is 2. The van der Waals surface area contributed by atoms with E-state index in [0.717, 1.165) is 27.3 Å². The first-order chi connectivity index (χ1) is 11.8. The van der Waals surface area contributed by atoms with Crippen molar-refractivity contribution in [2.45, 2.75) is 33.2 Å². The molecule has 2 aromatic carbocycles. The van der Waals surface area contributed by atoms with Gasteiger partial charge in [0.15, 0.2) is 0 Å². The molecule has 6 heteroatoms. The highest BCUT2D eigenvalue weighted by molar-refractivity contribution is 6.45. The topological polar surface area (TPSA) is 49.4 Å². The Bertz CT molecular complexity index is 857. The van der Waals surface area contributed by atoms with E-state index >= 15 is 0 Å². The van der Waals surface area contributed by atoms with E-state index in [1.807, 2.05) is 32.9 Å². The largest absolute Gasteiger partial charge is 0.373 e. The summed E-state index contributed by atoms with van der Waals surface area (Å²) in [7, 11) is 0. The van der Waals surface area contributed by atoms with E-state index in [1.54, 1.807) is 18.2 Å². The van der Waals surface area contributed by atoms with E-state index in [1.165, 1.54) is 0 Å². The van der Waals surface area contributed by atoms with Crippen LogP contribution in [0.1, 0.15) is 23.1 Å². The van der Waals surface area contributed by atoms with Crippen molar-refractivity contribution >= 4 is 46.4 Å². The van der Waals surface area contributed by atoms with Gasteiger partial charge in [-0.25, -0.2) is 4.90 Å². The third-order valence-corrected chi connectivity index (χ3v) is 5.12. The number of hydrogen-bond donors (Lipinski definition) is 1. The molecular weight excluding hydrogens is 359 g/mol. The Morgan fingerprint density at radius 3 is 2.36 bits per heavy atom. The predicted octanol–water partition coefficient (Wildman–Crippen LogP) is 4.66. The highest BCUT2D eigenvalue weighted by atomic mass is 35.5. The highest BCUT2D eigenvalue weighted by Gasteiger charge is 2.40. The zero-order chi connectivity index (χ0) is 18.3. The molecule has 1 saturated heterocycles. The van der Waals surface area contributed by atoms with Crippen LogP contribution < -0.4 is 10.2 Å². The summed E-state index contributed by atoms with van der Waals surface area (Å²) in [5.41, 5.74) is 4.44. The van der Waals surface area contributed by atoms with Crippen LogP contribution in [0.4, 0.5) is 11.4 Å². The van der Waals surface area contributed by atoms with Crippen molar-refractivity contribution in [1.82, 2.24) is 0 Å². The molecule has 1 unspecified atom stereocenters. The van der Waals surface area contributed by atoms with E-state index in [0.29, 0.717) is 10.7 Å². The molecule has 2 amide bonds. The SMILES string of the molecule is Cc1cc(C)c(NC2CC(=O)N(c3cccc(Cl)c3Cl)C2=O)c(C)c1. The number of amides is 2. The Labute approximate surface area is 156 Å². The summed E-state index contributed by atoms with van der Waals surface area (Å²) in [6.45, 7) is 5.99. The molecule has 4 nitrogen and oxygen atoms in total. The van der Waals surface area contributed by atoms with Crippen LogP contribution in [0.15, 0.2) is 30.3 Å². The normalized spacial score (nSPS) is 17.3. The lowest BCUT2D eigenvalue weighted by Crippen LogP contribution is -2.35. The van der Waals surface area contributed by atoms with Gasteiger partial charge in [0.2, 0.25) is 5.91 Å². The average molecular weight is 377 g/mol. The molecule has 130 valence electrons. The molecule has 0 aliphatic carbocycles. The number of nitrogens with one attached hydrogen (secondary N) is 1. The van der Waals surface area contributed by atoms with Gasteiger partial charge in [0.05, 0.1) is 22.2 Å². The molecule has 1 atom stereocenters. The molecule has 1 aliphatic heterocycles. The van der Waals surface area contributed by atoms with Gasteiger partial charge in [-0.05, 0) is 44.0 Å². The fourth-order valence-corrected chi connectivity index (χ4v) is 3.62. The molecule has 1 aliphatic rings. The predicted molar refractivity (Wildman–Crippen MR) is 102 cm³/mol. The van der Waals surface area contributed by atoms with Crippen LogP contribution in [0.5, 0.6) is 0 Å². The third kappa shape index (κ3) is 3.24. The molecule has 2 aromatic rings.